The van der Waals surface area contributed by atoms with E-state index in [0.29, 0.717) is 11.7 Å². The summed E-state index contributed by atoms with van der Waals surface area (Å²) in [5.41, 5.74) is 8.83. The summed E-state index contributed by atoms with van der Waals surface area (Å²) in [6.45, 7) is 0. The quantitative estimate of drug-likeness (QED) is 0.529. The van der Waals surface area contributed by atoms with E-state index in [1.807, 2.05) is 47.0 Å². The molecule has 0 unspecified atom stereocenters. The smallest absolute Gasteiger partial charge is 0.259 e. The van der Waals surface area contributed by atoms with E-state index in [9.17, 15) is 0 Å². The highest BCUT2D eigenvalue weighted by molar-refractivity contribution is 7.98. The first-order valence-electron chi connectivity index (χ1n) is 8.99. The predicted octanol–water partition coefficient (Wildman–Crippen LogP) is 4.01. The molecular formula is C20H19N5OS. The molecule has 136 valence electrons. The van der Waals surface area contributed by atoms with Crippen LogP contribution in [0.4, 0.5) is 0 Å². The molecule has 27 heavy (non-hydrogen) atoms. The lowest BCUT2D eigenvalue weighted by atomic mass is 9.77. The van der Waals surface area contributed by atoms with Gasteiger partial charge < -0.3 is 14.7 Å². The maximum absolute atomic E-state index is 6.32. The molecule has 3 heterocycles. The van der Waals surface area contributed by atoms with Gasteiger partial charge in [-0.25, -0.2) is 4.98 Å². The van der Waals surface area contributed by atoms with Crippen molar-refractivity contribution in [1.29, 1.82) is 0 Å². The highest BCUT2D eigenvalue weighted by Gasteiger charge is 2.39. The first-order valence-corrected chi connectivity index (χ1v) is 9.98. The third-order valence-corrected chi connectivity index (χ3v) is 6.13. The Morgan fingerprint density at radius 2 is 1.96 bits per heavy atom. The zero-order valence-corrected chi connectivity index (χ0v) is 15.5. The van der Waals surface area contributed by atoms with E-state index in [4.69, 9.17) is 10.3 Å². The van der Waals surface area contributed by atoms with Crippen molar-refractivity contribution in [2.45, 2.75) is 35.4 Å². The van der Waals surface area contributed by atoms with Gasteiger partial charge in [0.1, 0.15) is 5.65 Å². The number of pyridine rings is 1. The van der Waals surface area contributed by atoms with Crippen molar-refractivity contribution in [3.8, 4) is 11.5 Å². The molecule has 0 radical (unpaired) electrons. The summed E-state index contributed by atoms with van der Waals surface area (Å²) in [5, 5.41) is 4.14. The molecule has 1 aromatic carbocycles. The van der Waals surface area contributed by atoms with Crippen LogP contribution in [0.2, 0.25) is 0 Å². The van der Waals surface area contributed by atoms with Gasteiger partial charge in [0.05, 0.1) is 16.8 Å². The van der Waals surface area contributed by atoms with Crippen LogP contribution in [0.3, 0.4) is 0 Å². The van der Waals surface area contributed by atoms with Gasteiger partial charge in [-0.15, -0.1) is 11.8 Å². The second-order valence-electron chi connectivity index (χ2n) is 6.92. The van der Waals surface area contributed by atoms with Gasteiger partial charge in [0.15, 0.2) is 5.82 Å². The number of hydrogen-bond acceptors (Lipinski definition) is 6. The van der Waals surface area contributed by atoms with Crippen molar-refractivity contribution in [2.75, 3.05) is 0 Å². The Bertz CT molecular complexity index is 1070. The van der Waals surface area contributed by atoms with Crippen LogP contribution in [-0.4, -0.2) is 19.5 Å². The van der Waals surface area contributed by atoms with Gasteiger partial charge in [0.25, 0.3) is 5.89 Å². The predicted molar refractivity (Wildman–Crippen MR) is 104 cm³/mol. The molecule has 0 aliphatic heterocycles. The molecule has 3 aromatic heterocycles. The fourth-order valence-corrected chi connectivity index (χ4v) is 4.22. The molecule has 0 bridgehead atoms. The highest BCUT2D eigenvalue weighted by Crippen LogP contribution is 2.39. The van der Waals surface area contributed by atoms with Crippen LogP contribution in [-0.2, 0) is 11.3 Å². The third kappa shape index (κ3) is 3.02. The van der Waals surface area contributed by atoms with Crippen LogP contribution in [0.1, 0.15) is 30.8 Å². The van der Waals surface area contributed by atoms with Crippen LogP contribution >= 0.6 is 11.8 Å². The Kier molecular flexibility index (Phi) is 3.98. The molecular weight excluding hydrogens is 358 g/mol. The van der Waals surface area contributed by atoms with Crippen LogP contribution in [0.25, 0.3) is 17.1 Å². The van der Waals surface area contributed by atoms with Gasteiger partial charge in [-0.05, 0) is 43.5 Å². The molecule has 6 nitrogen and oxygen atoms in total. The summed E-state index contributed by atoms with van der Waals surface area (Å²) in [6, 6.07) is 14.1. The number of imidazole rings is 1. The summed E-state index contributed by atoms with van der Waals surface area (Å²) in [5.74, 6) is 1.91. The van der Waals surface area contributed by atoms with Gasteiger partial charge in [0, 0.05) is 23.0 Å². The van der Waals surface area contributed by atoms with Gasteiger partial charge >= 0.3 is 0 Å². The number of thioether (sulfide) groups is 1. The Labute approximate surface area is 160 Å². The third-order valence-electron chi connectivity index (χ3n) is 5.02. The fourth-order valence-electron chi connectivity index (χ4n) is 3.29. The molecule has 1 aliphatic rings. The summed E-state index contributed by atoms with van der Waals surface area (Å²) in [7, 11) is 0. The lowest BCUT2D eigenvalue weighted by Gasteiger charge is -2.34. The van der Waals surface area contributed by atoms with E-state index >= 15 is 0 Å². The Morgan fingerprint density at radius 1 is 1.11 bits per heavy atom. The van der Waals surface area contributed by atoms with Crippen LogP contribution in [0, 0.1) is 0 Å². The average molecular weight is 377 g/mol. The van der Waals surface area contributed by atoms with Crippen molar-refractivity contribution in [2.24, 2.45) is 5.73 Å². The zero-order chi connectivity index (χ0) is 18.3. The number of nitrogens with two attached hydrogens (primary N) is 1. The molecule has 7 heteroatoms. The van der Waals surface area contributed by atoms with Gasteiger partial charge in [-0.3, -0.25) is 0 Å². The molecule has 4 aromatic rings. The van der Waals surface area contributed by atoms with E-state index in [1.54, 1.807) is 11.8 Å². The highest BCUT2D eigenvalue weighted by atomic mass is 32.2. The Balaban J connectivity index is 1.39. The van der Waals surface area contributed by atoms with Crippen LogP contribution < -0.4 is 5.73 Å². The number of rotatable bonds is 5. The van der Waals surface area contributed by atoms with Gasteiger partial charge in [-0.2, -0.15) is 4.98 Å². The summed E-state index contributed by atoms with van der Waals surface area (Å²) < 4.78 is 7.57. The average Bonchev–Trinajstić information content (AvgIpc) is 3.31. The molecule has 5 rings (SSSR count). The van der Waals surface area contributed by atoms with E-state index in [0.717, 1.165) is 46.8 Å². The van der Waals surface area contributed by atoms with Crippen molar-refractivity contribution in [3.05, 3.63) is 66.4 Å². The molecule has 1 fully saturated rings. The largest absolute Gasteiger partial charge is 0.334 e. The van der Waals surface area contributed by atoms with Crippen molar-refractivity contribution in [1.82, 2.24) is 19.5 Å². The van der Waals surface area contributed by atoms with Crippen molar-refractivity contribution < 1.29 is 4.52 Å². The first-order chi connectivity index (χ1) is 13.2. The molecule has 2 N–H and O–H groups in total. The molecule has 0 atom stereocenters. The minimum absolute atomic E-state index is 0.416. The van der Waals surface area contributed by atoms with E-state index in [-0.39, 0.29) is 0 Å². The normalized spacial score (nSPS) is 15.7. The molecule has 0 amide bonds. The molecule has 1 saturated carbocycles. The minimum atomic E-state index is -0.416. The summed E-state index contributed by atoms with van der Waals surface area (Å²) in [6.07, 6.45) is 7.01. The second-order valence-corrected chi connectivity index (χ2v) is 7.93. The minimum Gasteiger partial charge on any atom is -0.334 e. The molecule has 0 spiro atoms. The van der Waals surface area contributed by atoms with E-state index in [2.05, 4.69) is 27.4 Å². The standard InChI is InChI=1S/C20H19N5OS/c21-20(9-5-10-20)19-23-18(26-24-19)15-6-1-2-7-16(15)27-13-14-12-25-11-4-3-8-17(25)22-14/h1-4,6-8,11-12H,5,9-10,13,21H2. The zero-order valence-electron chi connectivity index (χ0n) is 14.7. The van der Waals surface area contributed by atoms with Crippen LogP contribution in [0.5, 0.6) is 0 Å². The van der Waals surface area contributed by atoms with Crippen molar-refractivity contribution >= 4 is 17.4 Å². The lowest BCUT2D eigenvalue weighted by Crippen LogP contribution is -2.44. The van der Waals surface area contributed by atoms with E-state index < -0.39 is 5.54 Å². The van der Waals surface area contributed by atoms with E-state index in [1.165, 1.54) is 0 Å². The number of benzene rings is 1. The molecule has 0 saturated heterocycles. The molecule has 1 aliphatic carbocycles. The number of aromatic nitrogens is 4. The summed E-state index contributed by atoms with van der Waals surface area (Å²) in [4.78, 5) is 10.3. The number of hydrogen-bond donors (Lipinski definition) is 1. The number of fused-ring (bicyclic) bond motifs is 1. The number of nitrogens with zero attached hydrogens (tertiary/aromatic N) is 4. The topological polar surface area (TPSA) is 82.2 Å². The Morgan fingerprint density at radius 3 is 2.78 bits per heavy atom. The maximum Gasteiger partial charge on any atom is 0.259 e. The van der Waals surface area contributed by atoms with Crippen molar-refractivity contribution in [3.63, 3.8) is 0 Å². The van der Waals surface area contributed by atoms with Crippen LogP contribution in [0.15, 0.2) is 64.3 Å². The first kappa shape index (κ1) is 16.5. The van der Waals surface area contributed by atoms with Gasteiger partial charge in [0.2, 0.25) is 0 Å². The van der Waals surface area contributed by atoms with Gasteiger partial charge in [-0.1, -0.05) is 23.4 Å². The fraction of sp³-hybridized carbons (Fsp3) is 0.250. The summed E-state index contributed by atoms with van der Waals surface area (Å²) >= 11 is 1.71. The monoisotopic (exact) mass is 377 g/mol. The SMILES string of the molecule is NC1(c2noc(-c3ccccc3SCc3cn4ccccc4n3)n2)CCC1. The second kappa shape index (κ2) is 6.51. The lowest BCUT2D eigenvalue weighted by molar-refractivity contribution is 0.229. The Hall–Kier alpha value is -2.64. The maximum atomic E-state index is 6.32.